The molecule has 0 radical (unpaired) electrons. The third kappa shape index (κ3) is 3.86. The molecule has 0 N–H and O–H groups in total. The van der Waals surface area contributed by atoms with Crippen molar-refractivity contribution in [3.63, 3.8) is 0 Å². The first-order valence-electron chi connectivity index (χ1n) is 15.3. The van der Waals surface area contributed by atoms with Gasteiger partial charge in [0.2, 0.25) is 0 Å². The molecule has 39 heavy (non-hydrogen) atoms. The smallest absolute Gasteiger partial charge is 0.0553 e. The van der Waals surface area contributed by atoms with E-state index in [2.05, 4.69) is 96.7 Å². The highest BCUT2D eigenvalue weighted by atomic mass is 32.1. The van der Waals surface area contributed by atoms with Crippen LogP contribution in [-0.4, -0.2) is 8.07 Å². The van der Waals surface area contributed by atoms with Crippen LogP contribution in [0.2, 0.25) is 24.2 Å². The van der Waals surface area contributed by atoms with Gasteiger partial charge in [0, 0.05) is 9.75 Å². The summed E-state index contributed by atoms with van der Waals surface area (Å²) in [5.74, 6) is 4.67. The van der Waals surface area contributed by atoms with E-state index in [1.807, 2.05) is 22.7 Å². The Balaban J connectivity index is 1.25. The fraction of sp³-hybridized carbons (Fsp3) is 0.444. The highest BCUT2D eigenvalue weighted by Crippen LogP contribution is 2.70. The van der Waals surface area contributed by atoms with Crippen LogP contribution in [0, 0.1) is 11.8 Å². The lowest BCUT2D eigenvalue weighted by Gasteiger charge is -2.48. The van der Waals surface area contributed by atoms with Crippen LogP contribution in [-0.2, 0) is 12.8 Å². The van der Waals surface area contributed by atoms with E-state index >= 15 is 0 Å². The zero-order chi connectivity index (χ0) is 26.1. The first kappa shape index (κ1) is 24.8. The fourth-order valence-corrected chi connectivity index (χ4v) is 18.7. The normalized spacial score (nSPS) is 33.3. The molecular formula is C36H40S2Si. The summed E-state index contributed by atoms with van der Waals surface area (Å²) < 4.78 is 0. The summed E-state index contributed by atoms with van der Waals surface area (Å²) in [5.41, 5.74) is 8.43. The third-order valence-corrected chi connectivity index (χ3v) is 18.9. The lowest BCUT2D eigenvalue weighted by Crippen LogP contribution is -2.46. The molecule has 2 saturated carbocycles. The Morgan fingerprint density at radius 1 is 0.564 bits per heavy atom. The molecular weight excluding hydrogens is 525 g/mol. The molecule has 8 unspecified atom stereocenters. The van der Waals surface area contributed by atoms with E-state index in [4.69, 9.17) is 0 Å². The second kappa shape index (κ2) is 9.57. The van der Waals surface area contributed by atoms with Gasteiger partial charge in [-0.1, -0.05) is 73.8 Å². The Hall–Kier alpha value is -1.94. The van der Waals surface area contributed by atoms with Crippen molar-refractivity contribution >= 4 is 30.7 Å². The van der Waals surface area contributed by atoms with Crippen LogP contribution in [0.3, 0.4) is 0 Å². The minimum Gasteiger partial charge on any atom is -0.149 e. The third-order valence-electron chi connectivity index (χ3n) is 11.8. The minimum atomic E-state index is -1.74. The predicted molar refractivity (Wildman–Crippen MR) is 170 cm³/mol. The molecule has 0 saturated heterocycles. The molecule has 0 spiro atoms. The molecule has 2 heterocycles. The van der Waals surface area contributed by atoms with E-state index in [1.165, 1.54) is 38.5 Å². The average molecular weight is 565 g/mol. The molecule has 0 aliphatic heterocycles. The van der Waals surface area contributed by atoms with Crippen LogP contribution in [0.15, 0.2) is 83.6 Å². The molecule has 8 atom stereocenters. The van der Waals surface area contributed by atoms with Crippen LogP contribution in [0.1, 0.15) is 81.4 Å². The molecule has 0 amide bonds. The number of rotatable bonds is 4. The summed E-state index contributed by atoms with van der Waals surface area (Å²) in [5, 5.41) is 4.77. The summed E-state index contributed by atoms with van der Waals surface area (Å²) >= 11 is 4.05. The van der Waals surface area contributed by atoms with Gasteiger partial charge in [0.25, 0.3) is 0 Å². The van der Waals surface area contributed by atoms with E-state index in [0.29, 0.717) is 11.8 Å². The zero-order valence-corrected chi connectivity index (χ0v) is 25.9. The number of thiophene rings is 2. The van der Waals surface area contributed by atoms with Crippen molar-refractivity contribution in [3.8, 4) is 0 Å². The highest BCUT2D eigenvalue weighted by molar-refractivity contribution is 7.10. The van der Waals surface area contributed by atoms with E-state index in [0.717, 1.165) is 34.8 Å². The topological polar surface area (TPSA) is 0 Å². The number of benzene rings is 2. The van der Waals surface area contributed by atoms with Gasteiger partial charge >= 0.3 is 0 Å². The largest absolute Gasteiger partial charge is 0.149 e. The molecule has 4 aliphatic rings. The van der Waals surface area contributed by atoms with Crippen molar-refractivity contribution < 1.29 is 0 Å². The van der Waals surface area contributed by atoms with Gasteiger partial charge in [-0.25, -0.2) is 0 Å². The molecule has 2 aromatic heterocycles. The lowest BCUT2D eigenvalue weighted by molar-refractivity contribution is 0.392. The summed E-state index contributed by atoms with van der Waals surface area (Å²) in [4.78, 5) is 3.40. The zero-order valence-electron chi connectivity index (χ0n) is 23.3. The molecule has 3 heteroatoms. The Labute approximate surface area is 243 Å². The number of fused-ring (bicyclic) bond motifs is 6. The highest BCUT2D eigenvalue weighted by Gasteiger charge is 2.60. The molecule has 4 aromatic rings. The quantitative estimate of drug-likeness (QED) is 0.216. The van der Waals surface area contributed by atoms with Crippen LogP contribution in [0.25, 0.3) is 0 Å². The summed E-state index contributed by atoms with van der Waals surface area (Å²) in [6, 6.07) is 28.5. The van der Waals surface area contributed by atoms with Gasteiger partial charge in [-0.2, -0.15) is 0 Å². The van der Waals surface area contributed by atoms with Crippen molar-refractivity contribution in [2.75, 3.05) is 0 Å². The molecule has 2 fully saturated rings. The standard InChI is InChI=1S/C36H40S2Si/c1-39(2,35-27-13-15-33-25(17-19-37-33)31(27)21-29(35)23-9-5-3-6-10-23)36-28-14-16-34-26(18-20-38-34)32(28)22-30(36)24-11-7-4-8-12-24/h3-12,17-20,27-32,35-36H,13-16,21-22H2,1-2H3. The second-order valence-electron chi connectivity index (χ2n) is 13.6. The summed E-state index contributed by atoms with van der Waals surface area (Å²) in [7, 11) is -1.74. The van der Waals surface area contributed by atoms with Crippen molar-refractivity contribution in [1.82, 2.24) is 0 Å². The van der Waals surface area contributed by atoms with Gasteiger partial charge in [-0.15, -0.1) is 22.7 Å². The maximum atomic E-state index is 2.87. The van der Waals surface area contributed by atoms with Gasteiger partial charge in [0.15, 0.2) is 0 Å². The van der Waals surface area contributed by atoms with Crippen molar-refractivity contribution in [3.05, 3.63) is 116 Å². The Morgan fingerprint density at radius 2 is 1.00 bits per heavy atom. The maximum absolute atomic E-state index is 2.87. The van der Waals surface area contributed by atoms with Crippen molar-refractivity contribution in [1.29, 1.82) is 0 Å². The molecule has 0 bridgehead atoms. The van der Waals surface area contributed by atoms with Gasteiger partial charge in [0.1, 0.15) is 0 Å². The maximum Gasteiger partial charge on any atom is 0.0553 e. The number of hydrogen-bond acceptors (Lipinski definition) is 2. The van der Waals surface area contributed by atoms with Crippen LogP contribution < -0.4 is 0 Å². The lowest BCUT2D eigenvalue weighted by atomic mass is 9.80. The number of hydrogen-bond donors (Lipinski definition) is 0. The minimum absolute atomic E-state index is 0.712. The van der Waals surface area contributed by atoms with E-state index < -0.39 is 8.07 Å². The molecule has 4 aliphatic carbocycles. The van der Waals surface area contributed by atoms with E-state index in [1.54, 1.807) is 32.0 Å². The Bertz CT molecular complexity index is 1340. The molecule has 2 aromatic carbocycles. The molecule has 0 nitrogen and oxygen atoms in total. The summed E-state index contributed by atoms with van der Waals surface area (Å²) in [6.45, 7) is 5.73. The Kier molecular flexibility index (Phi) is 6.09. The average Bonchev–Trinajstić information content (AvgIpc) is 3.76. The van der Waals surface area contributed by atoms with Crippen LogP contribution in [0.4, 0.5) is 0 Å². The van der Waals surface area contributed by atoms with E-state index in [-0.39, 0.29) is 0 Å². The predicted octanol–water partition coefficient (Wildman–Crippen LogP) is 10.6. The van der Waals surface area contributed by atoms with Gasteiger partial charge < -0.3 is 0 Å². The van der Waals surface area contributed by atoms with Gasteiger partial charge in [-0.05, 0) is 130 Å². The first-order valence-corrected chi connectivity index (χ1v) is 20.2. The Morgan fingerprint density at radius 3 is 1.44 bits per heavy atom. The molecule has 200 valence electrons. The summed E-state index contributed by atoms with van der Waals surface area (Å²) in [6.07, 6.45) is 8.18. The van der Waals surface area contributed by atoms with Crippen LogP contribution in [0.5, 0.6) is 0 Å². The van der Waals surface area contributed by atoms with Crippen molar-refractivity contribution in [2.45, 2.75) is 86.4 Å². The van der Waals surface area contributed by atoms with Gasteiger partial charge in [0.05, 0.1) is 8.07 Å². The molecule has 8 rings (SSSR count). The monoisotopic (exact) mass is 564 g/mol. The van der Waals surface area contributed by atoms with Crippen LogP contribution >= 0.6 is 22.7 Å². The second-order valence-corrected chi connectivity index (χ2v) is 20.6. The number of aryl methyl sites for hydroxylation is 2. The van der Waals surface area contributed by atoms with E-state index in [9.17, 15) is 0 Å². The van der Waals surface area contributed by atoms with Gasteiger partial charge in [-0.3, -0.25) is 0 Å². The fourth-order valence-electron chi connectivity index (χ4n) is 10.6. The SMILES string of the molecule is C[Si](C)(C1C(c2ccccc2)CC2c3ccsc3CCC21)C1C(c2ccccc2)CC2c3ccsc3CCC21. The first-order chi connectivity index (χ1) is 19.1. The van der Waals surface area contributed by atoms with Crippen molar-refractivity contribution in [2.24, 2.45) is 11.8 Å².